The second-order valence-corrected chi connectivity index (χ2v) is 6.62. The van der Waals surface area contributed by atoms with E-state index in [4.69, 9.17) is 4.74 Å². The van der Waals surface area contributed by atoms with Gasteiger partial charge in [-0.15, -0.1) is 0 Å². The van der Waals surface area contributed by atoms with Crippen molar-refractivity contribution in [2.45, 2.75) is 26.4 Å². The van der Waals surface area contributed by atoms with Gasteiger partial charge in [-0.2, -0.15) is 0 Å². The number of anilines is 1. The van der Waals surface area contributed by atoms with Gasteiger partial charge in [-0.05, 0) is 61.9 Å². The van der Waals surface area contributed by atoms with Crippen molar-refractivity contribution in [3.63, 3.8) is 0 Å². The van der Waals surface area contributed by atoms with Crippen LogP contribution in [0.3, 0.4) is 0 Å². The molecule has 1 aromatic heterocycles. The molecule has 27 heavy (non-hydrogen) atoms. The third-order valence-electron chi connectivity index (χ3n) is 4.95. The molecule has 1 atom stereocenters. The Morgan fingerprint density at radius 2 is 1.89 bits per heavy atom. The van der Waals surface area contributed by atoms with Gasteiger partial charge in [0.15, 0.2) is 0 Å². The Hall–Kier alpha value is -3.21. The van der Waals surface area contributed by atoms with Crippen molar-refractivity contribution in [1.82, 2.24) is 9.47 Å². The number of benzene rings is 2. The van der Waals surface area contributed by atoms with E-state index in [1.54, 1.807) is 0 Å². The second-order valence-electron chi connectivity index (χ2n) is 6.62. The molecule has 0 aliphatic carbocycles. The monoisotopic (exact) mass is 361 g/mol. The number of carbonyl (C=O) groups excluding carboxylic acids is 1. The van der Waals surface area contributed by atoms with Crippen LogP contribution >= 0.6 is 0 Å². The first-order valence-electron chi connectivity index (χ1n) is 9.23. The molecule has 5 nitrogen and oxygen atoms in total. The highest BCUT2D eigenvalue weighted by atomic mass is 16.5. The van der Waals surface area contributed by atoms with E-state index in [0.717, 1.165) is 28.4 Å². The smallest absolute Gasteiger partial charge is 0.322 e. The molecule has 3 aromatic rings. The molecule has 2 aromatic carbocycles. The van der Waals surface area contributed by atoms with Crippen LogP contribution in [0.4, 0.5) is 10.5 Å². The predicted octanol–water partition coefficient (Wildman–Crippen LogP) is 4.98. The van der Waals surface area contributed by atoms with E-state index in [1.807, 2.05) is 54.3 Å². The lowest BCUT2D eigenvalue weighted by Gasteiger charge is -2.27. The van der Waals surface area contributed by atoms with Gasteiger partial charge in [0.25, 0.3) is 0 Å². The molecule has 0 radical (unpaired) electrons. The minimum atomic E-state index is -0.115. The molecular weight excluding hydrogens is 338 g/mol. The maximum Gasteiger partial charge on any atom is 0.322 e. The normalized spacial score (nSPS) is 15.5. The molecule has 4 rings (SSSR count). The number of hydrogen-bond donors (Lipinski definition) is 1. The number of nitrogens with one attached hydrogen (secondary N) is 1. The van der Waals surface area contributed by atoms with Crippen LogP contribution in [0.25, 0.3) is 5.69 Å². The van der Waals surface area contributed by atoms with E-state index in [2.05, 4.69) is 41.2 Å². The Kier molecular flexibility index (Phi) is 4.59. The topological polar surface area (TPSA) is 46.5 Å². The lowest BCUT2D eigenvalue weighted by atomic mass is 10.1. The molecule has 5 heteroatoms. The van der Waals surface area contributed by atoms with E-state index < -0.39 is 0 Å². The summed E-state index contributed by atoms with van der Waals surface area (Å²) in [6.07, 6.45) is 2.05. The molecule has 1 aliphatic rings. The van der Waals surface area contributed by atoms with Crippen molar-refractivity contribution in [2.24, 2.45) is 0 Å². The number of urea groups is 1. The van der Waals surface area contributed by atoms with Gasteiger partial charge in [0.2, 0.25) is 0 Å². The second kappa shape index (κ2) is 7.19. The number of nitrogens with zero attached hydrogens (tertiary/aromatic N) is 2. The van der Waals surface area contributed by atoms with Crippen LogP contribution in [0.15, 0.2) is 66.9 Å². The van der Waals surface area contributed by atoms with Crippen molar-refractivity contribution < 1.29 is 9.53 Å². The van der Waals surface area contributed by atoms with Crippen LogP contribution in [-0.4, -0.2) is 22.1 Å². The molecule has 1 aliphatic heterocycles. The predicted molar refractivity (Wildman–Crippen MR) is 106 cm³/mol. The first-order chi connectivity index (χ1) is 13.2. The molecule has 0 unspecified atom stereocenters. The maximum absolute atomic E-state index is 13.1. The standard InChI is InChI=1S/C22H23N3O2/c1-3-27-19-12-10-18(11-13-19)23-22(26)25-15-17-7-4-5-8-21(17)24-14-6-9-20(24)16(25)2/h4-14,16H,3,15H2,1-2H3,(H,23,26)/t16-/m0/s1. The number of fused-ring (bicyclic) bond motifs is 3. The zero-order valence-corrected chi connectivity index (χ0v) is 15.6. The van der Waals surface area contributed by atoms with Gasteiger partial charge in [0.05, 0.1) is 24.9 Å². The lowest BCUT2D eigenvalue weighted by Crippen LogP contribution is -2.36. The van der Waals surface area contributed by atoms with Gasteiger partial charge in [0, 0.05) is 17.6 Å². The van der Waals surface area contributed by atoms with Crippen LogP contribution in [0, 0.1) is 0 Å². The van der Waals surface area contributed by atoms with Gasteiger partial charge >= 0.3 is 6.03 Å². The quantitative estimate of drug-likeness (QED) is 0.715. The number of hydrogen-bond acceptors (Lipinski definition) is 2. The van der Waals surface area contributed by atoms with E-state index in [-0.39, 0.29) is 12.1 Å². The number of aromatic nitrogens is 1. The van der Waals surface area contributed by atoms with Gasteiger partial charge in [-0.25, -0.2) is 4.79 Å². The number of ether oxygens (including phenoxy) is 1. The maximum atomic E-state index is 13.1. The van der Waals surface area contributed by atoms with Crippen molar-refractivity contribution >= 4 is 11.7 Å². The summed E-state index contributed by atoms with van der Waals surface area (Å²) in [5.41, 5.74) is 4.10. The summed E-state index contributed by atoms with van der Waals surface area (Å²) in [5.74, 6) is 0.797. The Morgan fingerprint density at radius 1 is 1.11 bits per heavy atom. The number of carbonyl (C=O) groups is 1. The first-order valence-corrected chi connectivity index (χ1v) is 9.23. The van der Waals surface area contributed by atoms with Crippen molar-refractivity contribution in [2.75, 3.05) is 11.9 Å². The highest BCUT2D eigenvalue weighted by molar-refractivity contribution is 5.89. The molecule has 0 saturated carbocycles. The average Bonchev–Trinajstić information content (AvgIpc) is 3.13. The third-order valence-corrected chi connectivity index (χ3v) is 4.95. The van der Waals surface area contributed by atoms with Crippen LogP contribution in [0.5, 0.6) is 5.75 Å². The highest BCUT2D eigenvalue weighted by Crippen LogP contribution is 2.32. The summed E-state index contributed by atoms with van der Waals surface area (Å²) in [6, 6.07) is 19.6. The fourth-order valence-electron chi connectivity index (χ4n) is 3.56. The van der Waals surface area contributed by atoms with Gasteiger partial charge in [-0.1, -0.05) is 18.2 Å². The lowest BCUT2D eigenvalue weighted by molar-refractivity contribution is 0.189. The largest absolute Gasteiger partial charge is 0.494 e. The van der Waals surface area contributed by atoms with Gasteiger partial charge < -0.3 is 19.5 Å². The van der Waals surface area contributed by atoms with Crippen LogP contribution in [0.2, 0.25) is 0 Å². The molecule has 0 fully saturated rings. The number of para-hydroxylation sites is 1. The molecule has 1 N–H and O–H groups in total. The summed E-state index contributed by atoms with van der Waals surface area (Å²) in [7, 11) is 0. The Morgan fingerprint density at radius 3 is 2.67 bits per heavy atom. The highest BCUT2D eigenvalue weighted by Gasteiger charge is 2.28. The van der Waals surface area contributed by atoms with E-state index in [0.29, 0.717) is 13.2 Å². The number of amides is 2. The summed E-state index contributed by atoms with van der Waals surface area (Å²) in [4.78, 5) is 14.9. The molecule has 138 valence electrons. The summed E-state index contributed by atoms with van der Waals surface area (Å²) in [5, 5.41) is 3.02. The zero-order chi connectivity index (χ0) is 18.8. The molecule has 2 amide bonds. The molecule has 0 spiro atoms. The van der Waals surface area contributed by atoms with Crippen molar-refractivity contribution in [1.29, 1.82) is 0 Å². The molecule has 2 heterocycles. The Labute approximate surface area is 159 Å². The summed E-state index contributed by atoms with van der Waals surface area (Å²) >= 11 is 0. The average molecular weight is 361 g/mol. The Balaban J connectivity index is 1.61. The molecule has 0 saturated heterocycles. The third kappa shape index (κ3) is 3.28. The van der Waals surface area contributed by atoms with Crippen molar-refractivity contribution in [3.05, 3.63) is 78.1 Å². The van der Waals surface area contributed by atoms with Gasteiger partial charge in [0.1, 0.15) is 5.75 Å². The fourth-order valence-corrected chi connectivity index (χ4v) is 3.56. The SMILES string of the molecule is CCOc1ccc(NC(=O)N2Cc3ccccc3-n3cccc3[C@@H]2C)cc1. The van der Waals surface area contributed by atoms with E-state index in [1.165, 1.54) is 0 Å². The zero-order valence-electron chi connectivity index (χ0n) is 15.6. The molecular formula is C22H23N3O2. The fraction of sp³-hybridized carbons (Fsp3) is 0.227. The minimum Gasteiger partial charge on any atom is -0.494 e. The van der Waals surface area contributed by atoms with E-state index >= 15 is 0 Å². The molecule has 0 bridgehead atoms. The summed E-state index contributed by atoms with van der Waals surface area (Å²) < 4.78 is 7.63. The number of rotatable bonds is 3. The van der Waals surface area contributed by atoms with Gasteiger partial charge in [-0.3, -0.25) is 0 Å². The van der Waals surface area contributed by atoms with Crippen LogP contribution < -0.4 is 10.1 Å². The first kappa shape index (κ1) is 17.2. The van der Waals surface area contributed by atoms with Crippen LogP contribution in [0.1, 0.15) is 31.1 Å². The van der Waals surface area contributed by atoms with Crippen molar-refractivity contribution in [3.8, 4) is 11.4 Å². The Bertz CT molecular complexity index is 946. The minimum absolute atomic E-state index is 0.0462. The summed E-state index contributed by atoms with van der Waals surface area (Å²) in [6.45, 7) is 5.19. The van der Waals surface area contributed by atoms with E-state index in [9.17, 15) is 4.79 Å². The van der Waals surface area contributed by atoms with Crippen LogP contribution in [-0.2, 0) is 6.54 Å².